The number of H-pyrrole nitrogens is 1. The zero-order valence-corrected chi connectivity index (χ0v) is 18.7. The van der Waals surface area contributed by atoms with E-state index in [0.717, 1.165) is 12.3 Å². The Labute approximate surface area is 194 Å². The van der Waals surface area contributed by atoms with E-state index in [1.54, 1.807) is 36.5 Å². The summed E-state index contributed by atoms with van der Waals surface area (Å²) in [4.78, 5) is 10.8. The minimum Gasteiger partial charge on any atom is -0.493 e. The van der Waals surface area contributed by atoms with E-state index in [1.807, 2.05) is 0 Å². The molecule has 0 aliphatic heterocycles. The van der Waals surface area contributed by atoms with Gasteiger partial charge in [0.25, 0.3) is 0 Å². The summed E-state index contributed by atoms with van der Waals surface area (Å²) in [5, 5.41) is 0. The highest BCUT2D eigenvalue weighted by Crippen LogP contribution is 2.34. The van der Waals surface area contributed by atoms with Crippen LogP contribution in [0.15, 0.2) is 65.4 Å². The molecule has 2 heterocycles. The molecule has 2 aromatic carbocycles. The van der Waals surface area contributed by atoms with E-state index in [2.05, 4.69) is 30.9 Å². The molecule has 0 atom stereocenters. The number of pyridine rings is 1. The molecule has 2 aromatic heterocycles. The molecule has 33 heavy (non-hydrogen) atoms. The summed E-state index contributed by atoms with van der Waals surface area (Å²) in [6.45, 7) is 0.0162. The van der Waals surface area contributed by atoms with Crippen LogP contribution < -0.4 is 9.47 Å². The summed E-state index contributed by atoms with van der Waals surface area (Å²) < 4.78 is 63.9. The van der Waals surface area contributed by atoms with Gasteiger partial charge in [-0.25, -0.2) is 9.37 Å². The molecule has 4 aromatic rings. The first kappa shape index (κ1) is 22.8. The van der Waals surface area contributed by atoms with Crippen molar-refractivity contribution in [1.29, 1.82) is 0 Å². The van der Waals surface area contributed by atoms with Gasteiger partial charge in [0, 0.05) is 33.6 Å². The minimum absolute atomic E-state index is 0.0162. The van der Waals surface area contributed by atoms with Gasteiger partial charge in [-0.15, -0.1) is 0 Å². The van der Waals surface area contributed by atoms with Crippen molar-refractivity contribution in [1.82, 2.24) is 15.0 Å². The lowest BCUT2D eigenvalue weighted by atomic mass is 10.1. The van der Waals surface area contributed by atoms with Gasteiger partial charge in [0.1, 0.15) is 23.9 Å². The molecule has 5 nitrogen and oxygen atoms in total. The van der Waals surface area contributed by atoms with Crippen molar-refractivity contribution in [2.75, 3.05) is 7.11 Å². The predicted molar refractivity (Wildman–Crippen MR) is 117 cm³/mol. The molecule has 0 radical (unpaired) electrons. The number of imidazole rings is 1. The molecule has 10 heteroatoms. The number of hydrogen-bond donors (Lipinski definition) is 1. The van der Waals surface area contributed by atoms with Crippen molar-refractivity contribution < 1.29 is 27.0 Å². The summed E-state index contributed by atoms with van der Waals surface area (Å²) in [5.74, 6) is 0.829. The van der Waals surface area contributed by atoms with E-state index in [-0.39, 0.29) is 12.4 Å². The predicted octanol–water partition coefficient (Wildman–Crippen LogP) is 6.65. The lowest BCUT2D eigenvalue weighted by Gasteiger charge is -2.12. The molecule has 4 rings (SSSR count). The Bertz CT molecular complexity index is 1270. The monoisotopic (exact) mass is 521 g/mol. The summed E-state index contributed by atoms with van der Waals surface area (Å²) >= 11 is 3.21. The van der Waals surface area contributed by atoms with Crippen LogP contribution in [0.1, 0.15) is 11.3 Å². The van der Waals surface area contributed by atoms with Crippen LogP contribution in [0.2, 0.25) is 0 Å². The zero-order valence-electron chi connectivity index (χ0n) is 17.1. The quantitative estimate of drug-likeness (QED) is 0.288. The highest BCUT2D eigenvalue weighted by molar-refractivity contribution is 9.10. The average Bonchev–Trinajstić information content (AvgIpc) is 3.28. The Morgan fingerprint density at radius 1 is 1.00 bits per heavy atom. The summed E-state index contributed by atoms with van der Waals surface area (Å²) in [6.07, 6.45) is -1.76. The van der Waals surface area contributed by atoms with E-state index in [4.69, 9.17) is 9.47 Å². The standard InChI is InChI=1S/C23H16BrF4N3O2/c1-32-20-8-13(3-6-19(20)33-12-15-2-5-16(24)9-17(15)25)18-11-30-22(31-18)14-4-7-21(29-10-14)23(26,27)28/h2-11H,12H2,1H3,(H,30,31). The van der Waals surface area contributed by atoms with Gasteiger partial charge in [0.05, 0.1) is 12.8 Å². The Morgan fingerprint density at radius 2 is 1.79 bits per heavy atom. The lowest BCUT2D eigenvalue weighted by Crippen LogP contribution is -2.07. The van der Waals surface area contributed by atoms with Crippen molar-refractivity contribution in [2.45, 2.75) is 12.8 Å². The highest BCUT2D eigenvalue weighted by atomic mass is 79.9. The molecular formula is C23H16BrF4N3O2. The maximum absolute atomic E-state index is 14.0. The Balaban J connectivity index is 1.52. The molecule has 0 unspecified atom stereocenters. The van der Waals surface area contributed by atoms with Crippen molar-refractivity contribution in [3.05, 3.63) is 82.5 Å². The van der Waals surface area contributed by atoms with Crippen LogP contribution in [0.25, 0.3) is 22.6 Å². The largest absolute Gasteiger partial charge is 0.493 e. The fourth-order valence-corrected chi connectivity index (χ4v) is 3.39. The molecule has 0 saturated heterocycles. The smallest absolute Gasteiger partial charge is 0.433 e. The third-order valence-corrected chi connectivity index (χ3v) is 5.26. The Hall–Kier alpha value is -3.40. The normalized spacial score (nSPS) is 11.5. The maximum atomic E-state index is 14.0. The SMILES string of the molecule is COc1cc(-c2c[nH]c(-c3ccc(C(F)(F)F)nc3)n2)ccc1OCc1ccc(Br)cc1F. The third-order valence-electron chi connectivity index (χ3n) is 4.76. The Morgan fingerprint density at radius 3 is 2.45 bits per heavy atom. The van der Waals surface area contributed by atoms with E-state index >= 15 is 0 Å². The molecule has 0 spiro atoms. The van der Waals surface area contributed by atoms with E-state index < -0.39 is 11.9 Å². The van der Waals surface area contributed by atoms with E-state index in [9.17, 15) is 17.6 Å². The number of ether oxygens (including phenoxy) is 2. The number of rotatable bonds is 6. The molecule has 1 N–H and O–H groups in total. The molecule has 0 aliphatic rings. The van der Waals surface area contributed by atoms with Crippen molar-refractivity contribution in [2.24, 2.45) is 0 Å². The molecule has 0 aliphatic carbocycles. The molecular weight excluding hydrogens is 506 g/mol. The second kappa shape index (κ2) is 9.22. The number of halogens is 5. The van der Waals surface area contributed by atoms with Crippen LogP contribution in [0, 0.1) is 5.82 Å². The fraction of sp³-hybridized carbons (Fsp3) is 0.130. The summed E-state index contributed by atoms with van der Waals surface area (Å²) in [6, 6.07) is 12.1. The van der Waals surface area contributed by atoms with Crippen LogP contribution in [0.3, 0.4) is 0 Å². The highest BCUT2D eigenvalue weighted by Gasteiger charge is 2.32. The van der Waals surface area contributed by atoms with Crippen LogP contribution >= 0.6 is 15.9 Å². The molecule has 0 saturated carbocycles. The lowest BCUT2D eigenvalue weighted by molar-refractivity contribution is -0.141. The number of methoxy groups -OCH3 is 1. The number of hydrogen-bond acceptors (Lipinski definition) is 4. The number of nitrogens with one attached hydrogen (secondary N) is 1. The first-order valence-electron chi connectivity index (χ1n) is 9.59. The number of aromatic nitrogens is 3. The first-order valence-corrected chi connectivity index (χ1v) is 10.4. The van der Waals surface area contributed by atoms with Crippen LogP contribution in [0.5, 0.6) is 11.5 Å². The van der Waals surface area contributed by atoms with Crippen LogP contribution in [-0.4, -0.2) is 22.1 Å². The van der Waals surface area contributed by atoms with Gasteiger partial charge in [0.15, 0.2) is 11.5 Å². The maximum Gasteiger partial charge on any atom is 0.433 e. The van der Waals surface area contributed by atoms with Crippen molar-refractivity contribution in [3.8, 4) is 34.1 Å². The summed E-state index contributed by atoms with van der Waals surface area (Å²) in [5.41, 5.74) is 1.08. The van der Waals surface area contributed by atoms with Gasteiger partial charge in [0.2, 0.25) is 0 Å². The van der Waals surface area contributed by atoms with Gasteiger partial charge in [-0.05, 0) is 42.5 Å². The number of benzene rings is 2. The number of aromatic amines is 1. The number of nitrogens with zero attached hydrogens (tertiary/aromatic N) is 2. The third kappa shape index (κ3) is 5.16. The summed E-state index contributed by atoms with van der Waals surface area (Å²) in [7, 11) is 1.48. The minimum atomic E-state index is -4.50. The van der Waals surface area contributed by atoms with Gasteiger partial charge >= 0.3 is 6.18 Å². The topological polar surface area (TPSA) is 60.0 Å². The van der Waals surface area contributed by atoms with Gasteiger partial charge in [-0.1, -0.05) is 22.0 Å². The molecule has 0 bridgehead atoms. The van der Waals surface area contributed by atoms with E-state index in [1.165, 1.54) is 19.2 Å². The van der Waals surface area contributed by atoms with Crippen molar-refractivity contribution >= 4 is 15.9 Å². The molecule has 0 amide bonds. The zero-order chi connectivity index (χ0) is 23.6. The van der Waals surface area contributed by atoms with Gasteiger partial charge < -0.3 is 14.5 Å². The van der Waals surface area contributed by atoms with E-state index in [0.29, 0.717) is 44.2 Å². The van der Waals surface area contributed by atoms with Gasteiger partial charge in [-0.3, -0.25) is 4.98 Å². The molecule has 170 valence electrons. The fourth-order valence-electron chi connectivity index (χ4n) is 3.06. The average molecular weight is 522 g/mol. The number of alkyl halides is 3. The van der Waals surface area contributed by atoms with Crippen molar-refractivity contribution in [3.63, 3.8) is 0 Å². The van der Waals surface area contributed by atoms with Gasteiger partial charge in [-0.2, -0.15) is 13.2 Å². The van der Waals surface area contributed by atoms with Crippen LogP contribution in [0.4, 0.5) is 17.6 Å². The van der Waals surface area contributed by atoms with Crippen LogP contribution in [-0.2, 0) is 12.8 Å². The molecule has 0 fully saturated rings. The Kier molecular flexibility index (Phi) is 6.37. The first-order chi connectivity index (χ1) is 15.7. The second-order valence-corrected chi connectivity index (χ2v) is 7.87. The second-order valence-electron chi connectivity index (χ2n) is 6.95.